The lowest BCUT2D eigenvalue weighted by molar-refractivity contribution is 0.102. The molecule has 1 N–H and O–H groups in total. The van der Waals surface area contributed by atoms with Crippen molar-refractivity contribution in [2.45, 2.75) is 39.7 Å². The number of pyridine rings is 1. The SMILES string of the molecule is CC(C)c1cc(C(=O)Nc2ccc(N3CCOC3=O)cc2)c2cnn(C(C)C)c2n1. The fourth-order valence-corrected chi connectivity index (χ4v) is 3.45. The Kier molecular flexibility index (Phi) is 5.15. The molecular weight excluding hydrogens is 382 g/mol. The maximum absolute atomic E-state index is 13.1. The summed E-state index contributed by atoms with van der Waals surface area (Å²) >= 11 is 0. The number of aromatic nitrogens is 3. The van der Waals surface area contributed by atoms with E-state index in [1.165, 1.54) is 0 Å². The highest BCUT2D eigenvalue weighted by Gasteiger charge is 2.23. The molecule has 8 heteroatoms. The van der Waals surface area contributed by atoms with Gasteiger partial charge in [0.15, 0.2) is 5.65 Å². The number of cyclic esters (lactones) is 1. The second-order valence-electron chi connectivity index (χ2n) is 7.94. The van der Waals surface area contributed by atoms with E-state index in [0.717, 1.165) is 16.8 Å². The van der Waals surface area contributed by atoms with Gasteiger partial charge in [-0.25, -0.2) is 14.5 Å². The molecule has 1 aliphatic heterocycles. The first-order valence-electron chi connectivity index (χ1n) is 10.1. The first-order valence-corrected chi connectivity index (χ1v) is 10.1. The molecule has 0 unspecified atom stereocenters. The molecule has 0 saturated carbocycles. The third-order valence-electron chi connectivity index (χ3n) is 5.11. The molecule has 3 aromatic rings. The molecule has 8 nitrogen and oxygen atoms in total. The third-order valence-corrected chi connectivity index (χ3v) is 5.11. The van der Waals surface area contributed by atoms with E-state index in [1.54, 1.807) is 35.4 Å². The summed E-state index contributed by atoms with van der Waals surface area (Å²) in [5, 5.41) is 8.10. The summed E-state index contributed by atoms with van der Waals surface area (Å²) in [5.41, 5.74) is 3.48. The molecule has 4 rings (SSSR count). The van der Waals surface area contributed by atoms with Crippen molar-refractivity contribution in [2.24, 2.45) is 0 Å². The van der Waals surface area contributed by atoms with Crippen molar-refractivity contribution in [3.8, 4) is 0 Å². The number of ether oxygens (including phenoxy) is 1. The van der Waals surface area contributed by atoms with Gasteiger partial charge in [0.2, 0.25) is 0 Å². The zero-order valence-corrected chi connectivity index (χ0v) is 17.5. The van der Waals surface area contributed by atoms with Crippen LogP contribution in [0.4, 0.5) is 16.2 Å². The molecule has 0 spiro atoms. The highest BCUT2D eigenvalue weighted by molar-refractivity contribution is 6.12. The predicted octanol–water partition coefficient (Wildman–Crippen LogP) is 4.34. The molecule has 2 amide bonds. The largest absolute Gasteiger partial charge is 0.447 e. The van der Waals surface area contributed by atoms with Gasteiger partial charge in [-0.05, 0) is 50.1 Å². The summed E-state index contributed by atoms with van der Waals surface area (Å²) in [4.78, 5) is 31.1. The second kappa shape index (κ2) is 7.78. The summed E-state index contributed by atoms with van der Waals surface area (Å²) in [5.74, 6) is -0.0445. The fraction of sp³-hybridized carbons (Fsp3) is 0.364. The summed E-state index contributed by atoms with van der Waals surface area (Å²) in [7, 11) is 0. The molecule has 1 fully saturated rings. The number of fused-ring (bicyclic) bond motifs is 1. The summed E-state index contributed by atoms with van der Waals surface area (Å²) < 4.78 is 6.80. The topological polar surface area (TPSA) is 89.4 Å². The maximum atomic E-state index is 13.1. The Morgan fingerprint density at radius 1 is 1.17 bits per heavy atom. The molecule has 1 aromatic carbocycles. The van der Waals surface area contributed by atoms with Crippen LogP contribution >= 0.6 is 0 Å². The van der Waals surface area contributed by atoms with Crippen LogP contribution in [0, 0.1) is 0 Å². The number of nitrogens with one attached hydrogen (secondary N) is 1. The van der Waals surface area contributed by atoms with Gasteiger partial charge in [0.1, 0.15) is 6.61 Å². The van der Waals surface area contributed by atoms with Crippen LogP contribution in [0.2, 0.25) is 0 Å². The second-order valence-corrected chi connectivity index (χ2v) is 7.94. The highest BCUT2D eigenvalue weighted by Crippen LogP contribution is 2.26. The molecule has 0 aliphatic carbocycles. The van der Waals surface area contributed by atoms with Crippen LogP contribution in [-0.2, 0) is 4.74 Å². The van der Waals surface area contributed by atoms with Crippen LogP contribution in [0.25, 0.3) is 11.0 Å². The van der Waals surface area contributed by atoms with Crippen LogP contribution in [-0.4, -0.2) is 39.9 Å². The number of carbonyl (C=O) groups is 2. The summed E-state index contributed by atoms with van der Waals surface area (Å²) in [6.45, 7) is 9.08. The van der Waals surface area contributed by atoms with Gasteiger partial charge in [-0.2, -0.15) is 5.10 Å². The van der Waals surface area contributed by atoms with Crippen LogP contribution in [0.1, 0.15) is 55.7 Å². The van der Waals surface area contributed by atoms with E-state index >= 15 is 0 Å². The third kappa shape index (κ3) is 3.60. The van der Waals surface area contributed by atoms with Gasteiger partial charge in [0.05, 0.1) is 23.7 Å². The van der Waals surface area contributed by atoms with Crippen molar-refractivity contribution in [1.29, 1.82) is 0 Å². The van der Waals surface area contributed by atoms with Crippen LogP contribution < -0.4 is 10.2 Å². The lowest BCUT2D eigenvalue weighted by Crippen LogP contribution is -2.23. The van der Waals surface area contributed by atoms with E-state index in [0.29, 0.717) is 30.0 Å². The first kappa shape index (κ1) is 19.9. The van der Waals surface area contributed by atoms with E-state index in [-0.39, 0.29) is 24.0 Å². The van der Waals surface area contributed by atoms with Crippen molar-refractivity contribution >= 4 is 34.4 Å². The average molecular weight is 407 g/mol. The van der Waals surface area contributed by atoms with Gasteiger partial charge in [0.25, 0.3) is 5.91 Å². The number of anilines is 2. The van der Waals surface area contributed by atoms with Crippen molar-refractivity contribution in [1.82, 2.24) is 14.8 Å². The fourth-order valence-electron chi connectivity index (χ4n) is 3.45. The molecule has 0 atom stereocenters. The van der Waals surface area contributed by atoms with Crippen LogP contribution in [0.3, 0.4) is 0 Å². The zero-order valence-electron chi connectivity index (χ0n) is 17.5. The Morgan fingerprint density at radius 3 is 2.50 bits per heavy atom. The minimum atomic E-state index is -0.352. The van der Waals surface area contributed by atoms with Crippen molar-refractivity contribution < 1.29 is 14.3 Å². The lowest BCUT2D eigenvalue weighted by Gasteiger charge is -2.14. The lowest BCUT2D eigenvalue weighted by atomic mass is 10.0. The van der Waals surface area contributed by atoms with Gasteiger partial charge in [-0.15, -0.1) is 0 Å². The normalized spacial score (nSPS) is 14.1. The zero-order chi connectivity index (χ0) is 21.4. The molecule has 2 aromatic heterocycles. The minimum absolute atomic E-state index is 0.137. The van der Waals surface area contributed by atoms with E-state index in [1.807, 2.05) is 38.4 Å². The quantitative estimate of drug-likeness (QED) is 0.679. The molecule has 156 valence electrons. The molecular formula is C22H25N5O3. The average Bonchev–Trinajstić information content (AvgIpc) is 3.33. The Bertz CT molecular complexity index is 1100. The molecule has 0 bridgehead atoms. The van der Waals surface area contributed by atoms with E-state index in [4.69, 9.17) is 9.72 Å². The Hall–Kier alpha value is -3.42. The number of nitrogens with zero attached hydrogens (tertiary/aromatic N) is 4. The van der Waals surface area contributed by atoms with Gasteiger partial charge in [-0.3, -0.25) is 9.69 Å². The molecule has 0 radical (unpaired) electrons. The van der Waals surface area contributed by atoms with E-state index in [2.05, 4.69) is 10.4 Å². The molecule has 30 heavy (non-hydrogen) atoms. The van der Waals surface area contributed by atoms with Crippen molar-refractivity contribution in [3.63, 3.8) is 0 Å². The highest BCUT2D eigenvalue weighted by atomic mass is 16.6. The minimum Gasteiger partial charge on any atom is -0.447 e. The smallest absolute Gasteiger partial charge is 0.414 e. The monoisotopic (exact) mass is 407 g/mol. The number of hydrogen-bond donors (Lipinski definition) is 1. The van der Waals surface area contributed by atoms with E-state index < -0.39 is 0 Å². The molecule has 3 heterocycles. The molecule has 1 saturated heterocycles. The number of rotatable bonds is 5. The Balaban J connectivity index is 1.63. The number of amides is 2. The summed E-state index contributed by atoms with van der Waals surface area (Å²) in [6, 6.07) is 9.11. The Morgan fingerprint density at radius 2 is 1.90 bits per heavy atom. The maximum Gasteiger partial charge on any atom is 0.414 e. The number of benzene rings is 1. The van der Waals surface area contributed by atoms with Gasteiger partial charge in [0, 0.05) is 23.1 Å². The van der Waals surface area contributed by atoms with Crippen LogP contribution in [0.15, 0.2) is 36.5 Å². The molecule has 1 aliphatic rings. The number of hydrogen-bond acceptors (Lipinski definition) is 5. The van der Waals surface area contributed by atoms with Gasteiger partial charge in [-0.1, -0.05) is 13.8 Å². The van der Waals surface area contributed by atoms with Crippen LogP contribution in [0.5, 0.6) is 0 Å². The van der Waals surface area contributed by atoms with E-state index in [9.17, 15) is 9.59 Å². The first-order chi connectivity index (χ1) is 14.3. The predicted molar refractivity (Wildman–Crippen MR) is 115 cm³/mol. The standard InChI is InChI=1S/C22H25N5O3/c1-13(2)19-11-17(18-12-23-27(14(3)4)20(18)25-19)21(28)24-15-5-7-16(8-6-15)26-9-10-30-22(26)29/h5-8,11-14H,9-10H2,1-4H3,(H,24,28). The van der Waals surface area contributed by atoms with Gasteiger partial charge < -0.3 is 10.1 Å². The van der Waals surface area contributed by atoms with Gasteiger partial charge >= 0.3 is 6.09 Å². The Labute approximate surface area is 174 Å². The number of carbonyl (C=O) groups excluding carboxylic acids is 2. The van der Waals surface area contributed by atoms with Crippen molar-refractivity contribution in [3.05, 3.63) is 47.8 Å². The summed E-state index contributed by atoms with van der Waals surface area (Å²) in [6.07, 6.45) is 1.35. The van der Waals surface area contributed by atoms with Crippen molar-refractivity contribution in [2.75, 3.05) is 23.4 Å².